The molecule has 1 fully saturated rings. The van der Waals surface area contributed by atoms with Gasteiger partial charge in [0.25, 0.3) is 0 Å². The van der Waals surface area contributed by atoms with Crippen molar-refractivity contribution in [1.82, 2.24) is 4.90 Å². The van der Waals surface area contributed by atoms with E-state index >= 15 is 0 Å². The van der Waals surface area contributed by atoms with Crippen LogP contribution in [0.15, 0.2) is 24.3 Å². The van der Waals surface area contributed by atoms with E-state index in [2.05, 4.69) is 11.8 Å². The van der Waals surface area contributed by atoms with Crippen LogP contribution in [0.1, 0.15) is 19.8 Å². The summed E-state index contributed by atoms with van der Waals surface area (Å²) in [6, 6.07) is 7.77. The van der Waals surface area contributed by atoms with E-state index in [0.717, 1.165) is 18.0 Å². The summed E-state index contributed by atoms with van der Waals surface area (Å²) in [5, 5.41) is 0. The summed E-state index contributed by atoms with van der Waals surface area (Å²) in [5.41, 5.74) is 5.97. The lowest BCUT2D eigenvalue weighted by atomic mass is 9.84. The number of methoxy groups -OCH3 is 1. The molecule has 0 amide bonds. The number of piperidine rings is 1. The van der Waals surface area contributed by atoms with E-state index in [1.54, 1.807) is 7.11 Å². The number of ether oxygens (including phenoxy) is 2. The van der Waals surface area contributed by atoms with Crippen molar-refractivity contribution in [3.63, 3.8) is 0 Å². The van der Waals surface area contributed by atoms with Crippen LogP contribution >= 0.6 is 0 Å². The maximum atomic E-state index is 5.97. The average molecular weight is 292 g/mol. The molecule has 0 aliphatic carbocycles. The third-order valence-electron chi connectivity index (χ3n) is 4.55. The van der Waals surface area contributed by atoms with E-state index in [1.165, 1.54) is 25.9 Å². The summed E-state index contributed by atoms with van der Waals surface area (Å²) < 4.78 is 11.2. The quantitative estimate of drug-likeness (QED) is 0.838. The van der Waals surface area contributed by atoms with Crippen LogP contribution < -0.4 is 15.2 Å². The molecule has 0 aromatic heterocycles. The van der Waals surface area contributed by atoms with Crippen molar-refractivity contribution >= 4 is 0 Å². The van der Waals surface area contributed by atoms with Crippen LogP contribution in [0.2, 0.25) is 0 Å². The van der Waals surface area contributed by atoms with E-state index in [-0.39, 0.29) is 0 Å². The van der Waals surface area contributed by atoms with Crippen LogP contribution in [-0.2, 0) is 0 Å². The van der Waals surface area contributed by atoms with Crippen LogP contribution in [0.5, 0.6) is 11.5 Å². The molecule has 4 heteroatoms. The van der Waals surface area contributed by atoms with Gasteiger partial charge in [0, 0.05) is 12.0 Å². The molecular formula is C17H28N2O2. The molecule has 1 unspecified atom stereocenters. The maximum absolute atomic E-state index is 5.97. The fraction of sp³-hybridized carbons (Fsp3) is 0.647. The predicted molar refractivity (Wildman–Crippen MR) is 85.9 cm³/mol. The first-order valence-corrected chi connectivity index (χ1v) is 7.96. The third kappa shape index (κ3) is 4.61. The molecular weight excluding hydrogens is 264 g/mol. The minimum atomic E-state index is 0.440. The molecule has 1 aliphatic rings. The van der Waals surface area contributed by atoms with Gasteiger partial charge >= 0.3 is 0 Å². The highest BCUT2D eigenvalue weighted by molar-refractivity contribution is 5.32. The van der Waals surface area contributed by atoms with Crippen LogP contribution in [0.4, 0.5) is 0 Å². The molecule has 1 saturated heterocycles. The largest absolute Gasteiger partial charge is 0.497 e. The third-order valence-corrected chi connectivity index (χ3v) is 4.55. The van der Waals surface area contributed by atoms with Gasteiger partial charge in [-0.05, 0) is 57.1 Å². The first-order valence-electron chi connectivity index (χ1n) is 7.96. The van der Waals surface area contributed by atoms with Crippen LogP contribution in [0.25, 0.3) is 0 Å². The Hall–Kier alpha value is -1.26. The Kier molecular flexibility index (Phi) is 6.33. The average Bonchev–Trinajstić information content (AvgIpc) is 2.56. The number of likely N-dealkylation sites (tertiary alicyclic amines) is 1. The molecule has 4 nitrogen and oxygen atoms in total. The van der Waals surface area contributed by atoms with Crippen LogP contribution in [-0.4, -0.2) is 44.8 Å². The Labute approximate surface area is 128 Å². The summed E-state index contributed by atoms with van der Waals surface area (Å²) in [6.45, 7) is 7.15. The summed E-state index contributed by atoms with van der Waals surface area (Å²) >= 11 is 0. The van der Waals surface area contributed by atoms with Crippen molar-refractivity contribution in [2.24, 2.45) is 17.6 Å². The summed E-state index contributed by atoms with van der Waals surface area (Å²) in [5.74, 6) is 2.81. The van der Waals surface area contributed by atoms with Crippen molar-refractivity contribution < 1.29 is 9.47 Å². The topological polar surface area (TPSA) is 47.7 Å². The van der Waals surface area contributed by atoms with Crippen molar-refractivity contribution in [3.05, 3.63) is 24.3 Å². The fourth-order valence-electron chi connectivity index (χ4n) is 3.03. The second kappa shape index (κ2) is 8.25. The Bertz CT molecular complexity index is 417. The smallest absolute Gasteiger partial charge is 0.122 e. The lowest BCUT2D eigenvalue weighted by molar-refractivity contribution is 0.121. The highest BCUT2D eigenvalue weighted by atomic mass is 16.5. The van der Waals surface area contributed by atoms with Gasteiger partial charge in [0.1, 0.15) is 11.5 Å². The van der Waals surface area contributed by atoms with E-state index in [1.807, 2.05) is 24.3 Å². The molecule has 1 aromatic carbocycles. The molecule has 1 aromatic rings. The van der Waals surface area contributed by atoms with Crippen molar-refractivity contribution in [2.75, 3.05) is 39.9 Å². The number of nitrogens with zero attached hydrogens (tertiary/aromatic N) is 1. The predicted octanol–water partition coefficient (Wildman–Crippen LogP) is 2.38. The Morgan fingerprint density at radius 1 is 1.29 bits per heavy atom. The first kappa shape index (κ1) is 16.1. The van der Waals surface area contributed by atoms with E-state index in [4.69, 9.17) is 15.2 Å². The number of hydrogen-bond acceptors (Lipinski definition) is 4. The highest BCUT2D eigenvalue weighted by Gasteiger charge is 2.25. The molecule has 2 rings (SSSR count). The molecule has 0 spiro atoms. The lowest BCUT2D eigenvalue weighted by Crippen LogP contribution is -2.39. The molecule has 1 heterocycles. The van der Waals surface area contributed by atoms with Crippen molar-refractivity contribution in [3.8, 4) is 11.5 Å². The van der Waals surface area contributed by atoms with Gasteiger partial charge in [-0.25, -0.2) is 0 Å². The Morgan fingerprint density at radius 3 is 2.62 bits per heavy atom. The molecule has 0 saturated carbocycles. The van der Waals surface area contributed by atoms with Gasteiger partial charge in [-0.1, -0.05) is 13.0 Å². The van der Waals surface area contributed by atoms with Gasteiger partial charge in [-0.2, -0.15) is 0 Å². The maximum Gasteiger partial charge on any atom is 0.122 e. The van der Waals surface area contributed by atoms with Crippen molar-refractivity contribution in [1.29, 1.82) is 0 Å². The molecule has 118 valence electrons. The number of rotatable bonds is 7. The highest BCUT2D eigenvalue weighted by Crippen LogP contribution is 2.26. The van der Waals surface area contributed by atoms with Gasteiger partial charge in [0.15, 0.2) is 0 Å². The SMILES string of the molecule is CCN1CCC(C(CN)COc2cccc(OC)c2)CC1. The van der Waals surface area contributed by atoms with E-state index in [0.29, 0.717) is 25.0 Å². The molecule has 1 aliphatic heterocycles. The monoisotopic (exact) mass is 292 g/mol. The molecule has 0 radical (unpaired) electrons. The summed E-state index contributed by atoms with van der Waals surface area (Å²) in [4.78, 5) is 2.51. The van der Waals surface area contributed by atoms with Gasteiger partial charge < -0.3 is 20.1 Å². The van der Waals surface area contributed by atoms with E-state index < -0.39 is 0 Å². The summed E-state index contributed by atoms with van der Waals surface area (Å²) in [6.07, 6.45) is 2.47. The molecule has 1 atom stereocenters. The summed E-state index contributed by atoms with van der Waals surface area (Å²) in [7, 11) is 1.67. The minimum absolute atomic E-state index is 0.440. The standard InChI is InChI=1S/C17H28N2O2/c1-3-19-9-7-14(8-10-19)15(12-18)13-21-17-6-4-5-16(11-17)20-2/h4-6,11,14-15H,3,7-10,12-13,18H2,1-2H3. The Morgan fingerprint density at radius 2 is 2.00 bits per heavy atom. The van der Waals surface area contributed by atoms with Crippen LogP contribution in [0.3, 0.4) is 0 Å². The van der Waals surface area contributed by atoms with Gasteiger partial charge in [-0.15, -0.1) is 0 Å². The van der Waals surface area contributed by atoms with Crippen LogP contribution in [0, 0.1) is 11.8 Å². The van der Waals surface area contributed by atoms with E-state index in [9.17, 15) is 0 Å². The second-order valence-corrected chi connectivity index (χ2v) is 5.76. The first-order chi connectivity index (χ1) is 10.3. The molecule has 0 bridgehead atoms. The Balaban J connectivity index is 1.84. The second-order valence-electron chi connectivity index (χ2n) is 5.76. The molecule has 21 heavy (non-hydrogen) atoms. The lowest BCUT2D eigenvalue weighted by Gasteiger charge is -2.35. The number of nitrogens with two attached hydrogens (primary N) is 1. The zero-order valence-corrected chi connectivity index (χ0v) is 13.3. The molecule has 2 N–H and O–H groups in total. The zero-order chi connectivity index (χ0) is 15.1. The fourth-order valence-corrected chi connectivity index (χ4v) is 3.03. The zero-order valence-electron chi connectivity index (χ0n) is 13.3. The van der Waals surface area contributed by atoms with Gasteiger partial charge in [0.05, 0.1) is 13.7 Å². The normalized spacial score (nSPS) is 18.4. The van der Waals surface area contributed by atoms with Crippen molar-refractivity contribution in [2.45, 2.75) is 19.8 Å². The number of benzene rings is 1. The van der Waals surface area contributed by atoms with Gasteiger partial charge in [-0.3, -0.25) is 0 Å². The van der Waals surface area contributed by atoms with Gasteiger partial charge in [0.2, 0.25) is 0 Å². The number of hydrogen-bond donors (Lipinski definition) is 1. The minimum Gasteiger partial charge on any atom is -0.497 e.